The fraction of sp³-hybridized carbons (Fsp3) is 0.692. The molecule has 0 bridgehead atoms. The van der Waals surface area contributed by atoms with Crippen molar-refractivity contribution < 1.29 is 4.79 Å². The molecule has 1 N–H and O–H groups in total. The second kappa shape index (κ2) is 5.52. The van der Waals surface area contributed by atoms with Crippen molar-refractivity contribution in [3.8, 4) is 0 Å². The van der Waals surface area contributed by atoms with Gasteiger partial charge in [0.2, 0.25) is 5.91 Å². The molecule has 0 aromatic carbocycles. The first-order chi connectivity index (χ1) is 8.35. The van der Waals surface area contributed by atoms with Crippen LogP contribution in [-0.4, -0.2) is 41.0 Å². The van der Waals surface area contributed by atoms with Crippen molar-refractivity contribution in [1.82, 2.24) is 19.8 Å². The van der Waals surface area contributed by atoms with Crippen LogP contribution in [0.5, 0.6) is 0 Å². The van der Waals surface area contributed by atoms with Crippen molar-refractivity contribution >= 4 is 5.91 Å². The summed E-state index contributed by atoms with van der Waals surface area (Å²) in [4.78, 5) is 18.1. The molecule has 18 heavy (non-hydrogen) atoms. The van der Waals surface area contributed by atoms with E-state index in [0.29, 0.717) is 6.54 Å². The lowest BCUT2D eigenvalue weighted by Crippen LogP contribution is -2.39. The molecule has 1 aromatic heterocycles. The number of nitrogens with one attached hydrogen (secondary N) is 1. The van der Waals surface area contributed by atoms with Crippen molar-refractivity contribution in [3.05, 3.63) is 18.2 Å². The number of carbonyl (C=O) groups is 1. The van der Waals surface area contributed by atoms with Gasteiger partial charge in [-0.3, -0.25) is 4.79 Å². The van der Waals surface area contributed by atoms with E-state index in [9.17, 15) is 4.79 Å². The van der Waals surface area contributed by atoms with Crippen molar-refractivity contribution in [3.63, 3.8) is 0 Å². The summed E-state index contributed by atoms with van der Waals surface area (Å²) in [6, 6.07) is -0.236. The predicted octanol–water partition coefficient (Wildman–Crippen LogP) is 1.38. The maximum atomic E-state index is 12.2. The van der Waals surface area contributed by atoms with Gasteiger partial charge in [0, 0.05) is 13.6 Å². The van der Waals surface area contributed by atoms with Crippen LogP contribution in [0.15, 0.2) is 12.5 Å². The van der Waals surface area contributed by atoms with Gasteiger partial charge >= 0.3 is 0 Å². The lowest BCUT2D eigenvalue weighted by molar-refractivity contribution is -0.132. The number of imidazole rings is 1. The first kappa shape index (κ1) is 14.7. The molecule has 0 fully saturated rings. The summed E-state index contributed by atoms with van der Waals surface area (Å²) in [5.41, 5.74) is 0.797. The van der Waals surface area contributed by atoms with E-state index in [1.165, 1.54) is 0 Å². The minimum Gasteiger partial charge on any atom is -0.344 e. The van der Waals surface area contributed by atoms with Crippen LogP contribution in [0.1, 0.15) is 39.4 Å². The van der Waals surface area contributed by atoms with Gasteiger partial charge in [0.15, 0.2) is 0 Å². The number of nitrogens with zero attached hydrogens (tertiary/aromatic N) is 3. The molecule has 1 heterocycles. The first-order valence-electron chi connectivity index (χ1n) is 6.31. The van der Waals surface area contributed by atoms with Crippen LogP contribution in [-0.2, 0) is 10.3 Å². The van der Waals surface area contributed by atoms with Gasteiger partial charge in [-0.25, -0.2) is 4.98 Å². The van der Waals surface area contributed by atoms with E-state index >= 15 is 0 Å². The topological polar surface area (TPSA) is 50.2 Å². The number of hydrogen-bond donors (Lipinski definition) is 1. The SMILES string of the molecule is CCN(C)C(=O)C(C)n1cncc1C(C)(C)NC. The molecule has 102 valence electrons. The minimum absolute atomic E-state index is 0.101. The molecule has 0 saturated carbocycles. The fourth-order valence-electron chi connectivity index (χ4n) is 1.82. The molecule has 5 heteroatoms. The molecule has 1 aromatic rings. The lowest BCUT2D eigenvalue weighted by Gasteiger charge is -2.29. The molecule has 5 nitrogen and oxygen atoms in total. The van der Waals surface area contributed by atoms with Crippen LogP contribution in [0, 0.1) is 0 Å². The van der Waals surface area contributed by atoms with Crippen LogP contribution >= 0.6 is 0 Å². The van der Waals surface area contributed by atoms with Gasteiger partial charge in [0.1, 0.15) is 6.04 Å². The van der Waals surface area contributed by atoms with Crippen molar-refractivity contribution in [2.24, 2.45) is 0 Å². The maximum Gasteiger partial charge on any atom is 0.245 e. The van der Waals surface area contributed by atoms with Gasteiger partial charge in [-0.2, -0.15) is 0 Å². The molecule has 1 amide bonds. The highest BCUT2D eigenvalue weighted by atomic mass is 16.2. The third-order valence-electron chi connectivity index (χ3n) is 3.56. The van der Waals surface area contributed by atoms with E-state index < -0.39 is 0 Å². The molecular formula is C13H24N4O. The predicted molar refractivity (Wildman–Crippen MR) is 72.3 cm³/mol. The zero-order valence-corrected chi connectivity index (χ0v) is 12.2. The van der Waals surface area contributed by atoms with Crippen molar-refractivity contribution in [2.45, 2.75) is 39.3 Å². The molecule has 0 aliphatic carbocycles. The van der Waals surface area contributed by atoms with Crippen molar-refractivity contribution in [1.29, 1.82) is 0 Å². The van der Waals surface area contributed by atoms with E-state index in [2.05, 4.69) is 24.1 Å². The van der Waals surface area contributed by atoms with Crippen LogP contribution in [0.25, 0.3) is 0 Å². The van der Waals surface area contributed by atoms with Crippen LogP contribution in [0.4, 0.5) is 0 Å². The number of hydrogen-bond acceptors (Lipinski definition) is 3. The average Bonchev–Trinajstić information content (AvgIpc) is 2.85. The Bertz CT molecular complexity index is 411. The Balaban J connectivity index is 3.05. The van der Waals surface area contributed by atoms with Gasteiger partial charge in [0.05, 0.1) is 23.8 Å². The van der Waals surface area contributed by atoms with E-state index in [-0.39, 0.29) is 17.5 Å². The summed E-state index contributed by atoms with van der Waals surface area (Å²) >= 11 is 0. The number of aromatic nitrogens is 2. The molecular weight excluding hydrogens is 228 g/mol. The monoisotopic (exact) mass is 252 g/mol. The number of rotatable bonds is 5. The summed E-state index contributed by atoms with van der Waals surface area (Å²) < 4.78 is 1.94. The molecule has 1 atom stereocenters. The Morgan fingerprint density at radius 3 is 2.72 bits per heavy atom. The third-order valence-corrected chi connectivity index (χ3v) is 3.56. The van der Waals surface area contributed by atoms with Crippen LogP contribution in [0.2, 0.25) is 0 Å². The van der Waals surface area contributed by atoms with Gasteiger partial charge in [-0.15, -0.1) is 0 Å². The third kappa shape index (κ3) is 2.72. The zero-order valence-electron chi connectivity index (χ0n) is 12.2. The smallest absolute Gasteiger partial charge is 0.245 e. The Morgan fingerprint density at radius 2 is 2.22 bits per heavy atom. The highest BCUT2D eigenvalue weighted by molar-refractivity contribution is 5.79. The normalized spacial score (nSPS) is 13.4. The molecule has 1 unspecified atom stereocenters. The molecule has 0 radical (unpaired) electrons. The highest BCUT2D eigenvalue weighted by Gasteiger charge is 2.27. The van der Waals surface area contributed by atoms with Crippen LogP contribution in [0.3, 0.4) is 0 Å². The Hall–Kier alpha value is -1.36. The van der Waals surface area contributed by atoms with Gasteiger partial charge < -0.3 is 14.8 Å². The van der Waals surface area contributed by atoms with E-state index in [0.717, 1.165) is 5.69 Å². The fourth-order valence-corrected chi connectivity index (χ4v) is 1.82. The summed E-state index contributed by atoms with van der Waals surface area (Å²) in [6.07, 6.45) is 3.53. The average molecular weight is 252 g/mol. The summed E-state index contributed by atoms with van der Waals surface area (Å²) in [6.45, 7) is 8.73. The lowest BCUT2D eigenvalue weighted by atomic mass is 10.0. The standard InChI is InChI=1S/C13H24N4O/c1-7-16(6)12(18)10(2)17-9-15-8-11(17)13(3,4)14-5/h8-10,14H,7H2,1-6H3. The first-order valence-corrected chi connectivity index (χ1v) is 6.31. The summed E-state index contributed by atoms with van der Waals surface area (Å²) in [5, 5.41) is 3.24. The zero-order chi connectivity index (χ0) is 13.9. The van der Waals surface area contributed by atoms with E-state index in [1.807, 2.05) is 38.7 Å². The molecule has 0 spiro atoms. The minimum atomic E-state index is -0.236. The van der Waals surface area contributed by atoms with Crippen molar-refractivity contribution in [2.75, 3.05) is 20.6 Å². The van der Waals surface area contributed by atoms with E-state index in [4.69, 9.17) is 0 Å². The molecule has 0 aliphatic rings. The number of carbonyl (C=O) groups excluding carboxylic acids is 1. The second-order valence-electron chi connectivity index (χ2n) is 5.09. The van der Waals surface area contributed by atoms with Crippen LogP contribution < -0.4 is 5.32 Å². The van der Waals surface area contributed by atoms with Gasteiger partial charge in [-0.05, 0) is 34.7 Å². The Kier molecular flexibility index (Phi) is 4.51. The largest absolute Gasteiger partial charge is 0.344 e. The summed E-state index contributed by atoms with van der Waals surface area (Å²) in [5.74, 6) is 0.101. The molecule has 1 rings (SSSR count). The quantitative estimate of drug-likeness (QED) is 0.861. The van der Waals surface area contributed by atoms with E-state index in [1.54, 1.807) is 11.2 Å². The maximum absolute atomic E-state index is 12.2. The molecule has 0 aliphatic heterocycles. The Labute approximate surface area is 109 Å². The highest BCUT2D eigenvalue weighted by Crippen LogP contribution is 2.23. The second-order valence-corrected chi connectivity index (χ2v) is 5.09. The molecule has 0 saturated heterocycles. The summed E-state index contributed by atoms with van der Waals surface area (Å²) in [7, 11) is 3.72. The van der Waals surface area contributed by atoms with Gasteiger partial charge in [-0.1, -0.05) is 0 Å². The number of amides is 1. The van der Waals surface area contributed by atoms with Gasteiger partial charge in [0.25, 0.3) is 0 Å². The number of likely N-dealkylation sites (N-methyl/N-ethyl adjacent to an activating group) is 1. The Morgan fingerprint density at radius 1 is 1.61 bits per heavy atom.